The van der Waals surface area contributed by atoms with E-state index in [0.29, 0.717) is 25.5 Å². The number of hydrogen-bond acceptors (Lipinski definition) is 5. The van der Waals surface area contributed by atoms with Crippen molar-refractivity contribution in [1.29, 1.82) is 0 Å². The van der Waals surface area contributed by atoms with Crippen LogP contribution in [0.4, 0.5) is 5.82 Å². The molecular formula is C17H18N6O. The summed E-state index contributed by atoms with van der Waals surface area (Å²) >= 11 is 0. The first-order valence-corrected chi connectivity index (χ1v) is 8.06. The first-order chi connectivity index (χ1) is 11.8. The number of aromatic nitrogens is 5. The molecule has 0 fully saturated rings. The molecular weight excluding hydrogens is 304 g/mol. The van der Waals surface area contributed by atoms with Crippen molar-refractivity contribution in [3.8, 4) is 11.4 Å². The average Bonchev–Trinajstić information content (AvgIpc) is 3.06. The number of nitrogens with zero attached hydrogens (tertiary/aromatic N) is 6. The fourth-order valence-electron chi connectivity index (χ4n) is 3.04. The third-order valence-corrected chi connectivity index (χ3v) is 4.32. The molecule has 0 bridgehead atoms. The van der Waals surface area contributed by atoms with Gasteiger partial charge in [0.2, 0.25) is 0 Å². The van der Waals surface area contributed by atoms with Gasteiger partial charge in [-0.2, -0.15) is 0 Å². The van der Waals surface area contributed by atoms with Gasteiger partial charge in [-0.25, -0.2) is 4.98 Å². The van der Waals surface area contributed by atoms with Gasteiger partial charge in [-0.15, -0.1) is 10.2 Å². The minimum atomic E-state index is -0.0590. The van der Waals surface area contributed by atoms with Gasteiger partial charge < -0.3 is 14.0 Å². The molecule has 0 amide bonds. The normalized spacial score (nSPS) is 13.8. The molecule has 1 aromatic carbocycles. The van der Waals surface area contributed by atoms with Crippen molar-refractivity contribution in [3.63, 3.8) is 0 Å². The van der Waals surface area contributed by atoms with Gasteiger partial charge in [0.25, 0.3) is 5.56 Å². The number of aryl methyl sites for hydroxylation is 1. The molecule has 2 aromatic heterocycles. The van der Waals surface area contributed by atoms with Crippen LogP contribution in [-0.4, -0.2) is 30.9 Å². The molecule has 3 heterocycles. The van der Waals surface area contributed by atoms with Crippen LogP contribution in [-0.2, 0) is 19.6 Å². The zero-order valence-corrected chi connectivity index (χ0v) is 13.5. The SMILES string of the molecule is CCn1ccnc(N2CCn3c(nnc3-c3ccccc3)C2)c1=O. The average molecular weight is 322 g/mol. The van der Waals surface area contributed by atoms with Gasteiger partial charge in [0.15, 0.2) is 17.5 Å². The number of rotatable bonds is 3. The largest absolute Gasteiger partial charge is 0.343 e. The van der Waals surface area contributed by atoms with Crippen LogP contribution in [0.3, 0.4) is 0 Å². The lowest BCUT2D eigenvalue weighted by molar-refractivity contribution is 0.554. The first-order valence-electron chi connectivity index (χ1n) is 8.06. The third-order valence-electron chi connectivity index (χ3n) is 4.32. The van der Waals surface area contributed by atoms with Crippen molar-refractivity contribution in [2.24, 2.45) is 0 Å². The van der Waals surface area contributed by atoms with Gasteiger partial charge in [-0.05, 0) is 6.92 Å². The van der Waals surface area contributed by atoms with Crippen molar-refractivity contribution in [3.05, 3.63) is 58.9 Å². The summed E-state index contributed by atoms with van der Waals surface area (Å²) in [6.45, 7) is 4.56. The summed E-state index contributed by atoms with van der Waals surface area (Å²) in [6.07, 6.45) is 3.39. The molecule has 7 nitrogen and oxygen atoms in total. The van der Waals surface area contributed by atoms with E-state index in [0.717, 1.165) is 23.8 Å². The Morgan fingerprint density at radius 2 is 1.96 bits per heavy atom. The predicted molar refractivity (Wildman–Crippen MR) is 90.7 cm³/mol. The molecule has 0 unspecified atom stereocenters. The Morgan fingerprint density at radius 3 is 2.75 bits per heavy atom. The highest BCUT2D eigenvalue weighted by Gasteiger charge is 2.24. The number of fused-ring (bicyclic) bond motifs is 1. The second-order valence-electron chi connectivity index (χ2n) is 5.72. The smallest absolute Gasteiger partial charge is 0.293 e. The van der Waals surface area contributed by atoms with Crippen LogP contribution in [0.1, 0.15) is 12.7 Å². The Bertz CT molecular complexity index is 914. The molecule has 3 aromatic rings. The molecule has 0 aliphatic carbocycles. The second kappa shape index (κ2) is 5.92. The lowest BCUT2D eigenvalue weighted by Crippen LogP contribution is -2.39. The Morgan fingerprint density at radius 1 is 1.12 bits per heavy atom. The summed E-state index contributed by atoms with van der Waals surface area (Å²) in [5.41, 5.74) is 0.993. The molecule has 0 saturated carbocycles. The van der Waals surface area contributed by atoms with Gasteiger partial charge in [0.05, 0.1) is 6.54 Å². The Balaban J connectivity index is 1.67. The molecule has 7 heteroatoms. The van der Waals surface area contributed by atoms with E-state index in [2.05, 4.69) is 19.7 Å². The summed E-state index contributed by atoms with van der Waals surface area (Å²) < 4.78 is 3.78. The number of benzene rings is 1. The molecule has 4 rings (SSSR count). The van der Waals surface area contributed by atoms with Crippen LogP contribution in [0.2, 0.25) is 0 Å². The maximum Gasteiger partial charge on any atom is 0.293 e. The molecule has 0 atom stereocenters. The van der Waals surface area contributed by atoms with Crippen molar-refractivity contribution in [2.45, 2.75) is 26.6 Å². The fraction of sp³-hybridized carbons (Fsp3) is 0.294. The third kappa shape index (κ3) is 2.38. The molecule has 1 aliphatic rings. The molecule has 122 valence electrons. The molecule has 0 saturated heterocycles. The van der Waals surface area contributed by atoms with Crippen LogP contribution in [0.5, 0.6) is 0 Å². The van der Waals surface area contributed by atoms with Crippen molar-refractivity contribution < 1.29 is 0 Å². The maximum atomic E-state index is 12.5. The molecule has 1 aliphatic heterocycles. The lowest BCUT2D eigenvalue weighted by atomic mass is 10.2. The van der Waals surface area contributed by atoms with Gasteiger partial charge >= 0.3 is 0 Å². The first kappa shape index (κ1) is 14.6. The Hall–Kier alpha value is -2.96. The van der Waals surface area contributed by atoms with Crippen molar-refractivity contribution in [2.75, 3.05) is 11.4 Å². The highest BCUT2D eigenvalue weighted by atomic mass is 16.1. The molecule has 0 spiro atoms. The van der Waals surface area contributed by atoms with E-state index in [4.69, 9.17) is 0 Å². The van der Waals surface area contributed by atoms with E-state index in [1.165, 1.54) is 0 Å². The van der Waals surface area contributed by atoms with Crippen LogP contribution >= 0.6 is 0 Å². The van der Waals surface area contributed by atoms with E-state index in [9.17, 15) is 4.79 Å². The van der Waals surface area contributed by atoms with Gasteiger partial charge in [-0.3, -0.25) is 4.79 Å². The number of hydrogen-bond donors (Lipinski definition) is 0. The maximum absolute atomic E-state index is 12.5. The number of anilines is 1. The van der Waals surface area contributed by atoms with Gasteiger partial charge in [-0.1, -0.05) is 30.3 Å². The highest BCUT2D eigenvalue weighted by Crippen LogP contribution is 2.22. The van der Waals surface area contributed by atoms with E-state index in [1.54, 1.807) is 17.0 Å². The van der Waals surface area contributed by atoms with Crippen molar-refractivity contribution >= 4 is 5.82 Å². The summed E-state index contributed by atoms with van der Waals surface area (Å²) in [5.74, 6) is 2.21. The minimum absolute atomic E-state index is 0.0590. The monoisotopic (exact) mass is 322 g/mol. The topological polar surface area (TPSA) is 68.8 Å². The Labute approximate surface area is 139 Å². The van der Waals surface area contributed by atoms with E-state index < -0.39 is 0 Å². The molecule has 0 N–H and O–H groups in total. The summed E-state index contributed by atoms with van der Waals surface area (Å²) in [6, 6.07) is 10.0. The van der Waals surface area contributed by atoms with E-state index >= 15 is 0 Å². The summed E-state index contributed by atoms with van der Waals surface area (Å²) in [4.78, 5) is 18.7. The second-order valence-corrected chi connectivity index (χ2v) is 5.72. The quantitative estimate of drug-likeness (QED) is 0.732. The highest BCUT2D eigenvalue weighted by molar-refractivity contribution is 5.55. The van der Waals surface area contributed by atoms with Crippen molar-refractivity contribution in [1.82, 2.24) is 24.3 Å². The van der Waals surface area contributed by atoms with Crippen LogP contribution in [0.25, 0.3) is 11.4 Å². The molecule has 0 radical (unpaired) electrons. The minimum Gasteiger partial charge on any atom is -0.343 e. The Kier molecular flexibility index (Phi) is 3.60. The van der Waals surface area contributed by atoms with Gasteiger partial charge in [0, 0.05) is 37.6 Å². The van der Waals surface area contributed by atoms with Gasteiger partial charge in [0.1, 0.15) is 0 Å². The zero-order chi connectivity index (χ0) is 16.5. The summed E-state index contributed by atoms with van der Waals surface area (Å²) in [5, 5.41) is 8.65. The predicted octanol–water partition coefficient (Wildman–Crippen LogP) is 1.54. The van der Waals surface area contributed by atoms with Crippen LogP contribution < -0.4 is 10.5 Å². The van der Waals surface area contributed by atoms with Crippen LogP contribution in [0.15, 0.2) is 47.5 Å². The summed E-state index contributed by atoms with van der Waals surface area (Å²) in [7, 11) is 0. The standard InChI is InChI=1S/C17H18N6O/c1-2-21-9-8-18-16(17(21)24)22-10-11-23-14(12-22)19-20-15(23)13-6-4-3-5-7-13/h3-9H,2,10-12H2,1H3. The molecule has 24 heavy (non-hydrogen) atoms. The lowest BCUT2D eigenvalue weighted by Gasteiger charge is -2.28. The zero-order valence-electron chi connectivity index (χ0n) is 13.5. The van der Waals surface area contributed by atoms with Crippen LogP contribution in [0, 0.1) is 0 Å². The van der Waals surface area contributed by atoms with E-state index in [1.807, 2.05) is 42.2 Å². The van der Waals surface area contributed by atoms with E-state index in [-0.39, 0.29) is 5.56 Å². The fourth-order valence-corrected chi connectivity index (χ4v) is 3.04.